The Morgan fingerprint density at radius 1 is 1.17 bits per heavy atom. The zero-order valence-electron chi connectivity index (χ0n) is 9.30. The van der Waals surface area contributed by atoms with Gasteiger partial charge in [0.25, 0.3) is 0 Å². The van der Waals surface area contributed by atoms with Gasteiger partial charge in [0.05, 0.1) is 0 Å². The third-order valence-electron chi connectivity index (χ3n) is 2.66. The molecule has 1 nitrogen and oxygen atoms in total. The van der Waals surface area contributed by atoms with Crippen molar-refractivity contribution >= 4 is 29.0 Å². The van der Waals surface area contributed by atoms with Crippen molar-refractivity contribution in [3.8, 4) is 0 Å². The summed E-state index contributed by atoms with van der Waals surface area (Å²) in [6, 6.07) is 8.22. The lowest BCUT2D eigenvalue weighted by molar-refractivity contribution is 0.0993. The molecule has 0 amide bonds. The first-order valence-electron chi connectivity index (χ1n) is 5.36. The van der Waals surface area contributed by atoms with Gasteiger partial charge in [-0.05, 0) is 6.08 Å². The average molecular weight is 291 g/mol. The highest BCUT2D eigenvalue weighted by atomic mass is 35.5. The third kappa shape index (κ3) is 3.09. The third-order valence-corrected chi connectivity index (χ3v) is 3.17. The Morgan fingerprint density at radius 3 is 2.33 bits per heavy atom. The summed E-state index contributed by atoms with van der Waals surface area (Å²) in [5.41, 5.74) is 0.313. The van der Waals surface area contributed by atoms with Gasteiger partial charge < -0.3 is 0 Å². The molecule has 2 rings (SSSR count). The predicted octanol–water partition coefficient (Wildman–Crippen LogP) is 4.40. The minimum Gasteiger partial charge on any atom is -0.289 e. The van der Waals surface area contributed by atoms with Crippen molar-refractivity contribution in [3.05, 3.63) is 47.5 Å². The molecule has 0 bridgehead atoms. The molecule has 2 unspecified atom stereocenters. The van der Waals surface area contributed by atoms with Crippen LogP contribution in [0.4, 0.5) is 8.78 Å². The molecule has 1 aliphatic carbocycles. The van der Waals surface area contributed by atoms with E-state index in [-0.39, 0.29) is 12.0 Å². The van der Waals surface area contributed by atoms with Crippen LogP contribution >= 0.6 is 23.2 Å². The van der Waals surface area contributed by atoms with Crippen molar-refractivity contribution in [2.45, 2.75) is 23.1 Å². The first-order valence-corrected chi connectivity index (χ1v) is 6.12. The number of rotatable bonds is 2. The first-order chi connectivity index (χ1) is 8.29. The molecule has 0 aliphatic heterocycles. The van der Waals surface area contributed by atoms with E-state index in [9.17, 15) is 13.6 Å². The number of ketones is 1. The molecular weight excluding hydrogens is 281 g/mol. The smallest absolute Gasteiger partial charge is 0.207 e. The van der Waals surface area contributed by atoms with Crippen LogP contribution in [0, 0.1) is 0 Å². The second-order valence-electron chi connectivity index (χ2n) is 4.34. The summed E-state index contributed by atoms with van der Waals surface area (Å²) >= 11 is 11.0. The number of halogens is 4. The summed E-state index contributed by atoms with van der Waals surface area (Å²) in [4.78, 5) is 12.1. The molecule has 0 fully saturated rings. The molecular formula is C13H10Cl2F2O. The molecule has 0 aromatic heterocycles. The lowest BCUT2D eigenvalue weighted by Gasteiger charge is -2.29. The molecule has 0 saturated heterocycles. The number of carbonyl (C=O) groups excluding carboxylic acids is 1. The van der Waals surface area contributed by atoms with Gasteiger partial charge in [-0.25, -0.2) is 8.78 Å². The number of benzene rings is 1. The number of alkyl halides is 4. The maximum absolute atomic E-state index is 13.7. The van der Waals surface area contributed by atoms with Crippen molar-refractivity contribution in [1.82, 2.24) is 0 Å². The second-order valence-corrected chi connectivity index (χ2v) is 5.64. The summed E-state index contributed by atoms with van der Waals surface area (Å²) in [6.07, 6.45) is -0.0700. The Hall–Kier alpha value is -0.930. The maximum Gasteiger partial charge on any atom is 0.207 e. The van der Waals surface area contributed by atoms with E-state index in [4.69, 9.17) is 23.2 Å². The molecule has 1 aromatic carbocycles. The van der Waals surface area contributed by atoms with E-state index < -0.39 is 22.5 Å². The van der Waals surface area contributed by atoms with Gasteiger partial charge in [-0.2, -0.15) is 0 Å². The van der Waals surface area contributed by atoms with Gasteiger partial charge in [-0.3, -0.25) is 4.79 Å². The van der Waals surface area contributed by atoms with Crippen LogP contribution in [-0.4, -0.2) is 16.0 Å². The van der Waals surface area contributed by atoms with Gasteiger partial charge in [0, 0.05) is 24.0 Å². The zero-order chi connectivity index (χ0) is 13.4. The molecule has 2 atom stereocenters. The highest BCUT2D eigenvalue weighted by Gasteiger charge is 2.44. The van der Waals surface area contributed by atoms with Crippen LogP contribution in [0.25, 0.3) is 0 Å². The van der Waals surface area contributed by atoms with Crippen molar-refractivity contribution in [1.29, 1.82) is 0 Å². The van der Waals surface area contributed by atoms with Gasteiger partial charge >= 0.3 is 0 Å². The van der Waals surface area contributed by atoms with E-state index in [1.54, 1.807) is 30.3 Å². The van der Waals surface area contributed by atoms with Crippen LogP contribution in [0.15, 0.2) is 42.0 Å². The Morgan fingerprint density at radius 2 is 1.78 bits per heavy atom. The lowest BCUT2D eigenvalue weighted by atomic mass is 9.90. The summed E-state index contributed by atoms with van der Waals surface area (Å²) in [6.45, 7) is 0. The van der Waals surface area contributed by atoms with E-state index in [1.807, 2.05) is 0 Å². The molecule has 0 heterocycles. The number of carbonyl (C=O) groups is 1. The van der Waals surface area contributed by atoms with Crippen LogP contribution < -0.4 is 0 Å². The molecule has 0 saturated carbocycles. The number of hydrogen-bond donors (Lipinski definition) is 0. The molecule has 18 heavy (non-hydrogen) atoms. The van der Waals surface area contributed by atoms with E-state index in [0.29, 0.717) is 5.56 Å². The SMILES string of the molecule is O=C(C1=CC(F)(Cl)CC(F)(Cl)C1)c1ccccc1. The van der Waals surface area contributed by atoms with E-state index >= 15 is 0 Å². The Labute approximate surface area is 113 Å². The fourth-order valence-corrected chi connectivity index (χ4v) is 2.71. The van der Waals surface area contributed by atoms with Gasteiger partial charge in [-0.1, -0.05) is 53.5 Å². The number of allylic oxidation sites excluding steroid dienone is 2. The molecule has 0 radical (unpaired) electrons. The molecule has 96 valence electrons. The normalized spacial score (nSPS) is 31.9. The molecule has 5 heteroatoms. The Kier molecular flexibility index (Phi) is 3.47. The largest absolute Gasteiger partial charge is 0.289 e. The molecule has 1 aromatic rings. The highest BCUT2D eigenvalue weighted by Crippen LogP contribution is 2.44. The van der Waals surface area contributed by atoms with Gasteiger partial charge in [-0.15, -0.1) is 0 Å². The summed E-state index contributed by atoms with van der Waals surface area (Å²) in [5, 5.41) is -4.75. The van der Waals surface area contributed by atoms with Crippen LogP contribution in [0.3, 0.4) is 0 Å². The van der Waals surface area contributed by atoms with Crippen LogP contribution in [0.1, 0.15) is 23.2 Å². The van der Waals surface area contributed by atoms with Gasteiger partial charge in [0.2, 0.25) is 5.13 Å². The second kappa shape index (κ2) is 4.63. The Bertz CT molecular complexity index is 495. The fourth-order valence-electron chi connectivity index (χ4n) is 1.96. The van der Waals surface area contributed by atoms with Crippen LogP contribution in [0.2, 0.25) is 0 Å². The monoisotopic (exact) mass is 290 g/mol. The topological polar surface area (TPSA) is 17.1 Å². The van der Waals surface area contributed by atoms with Crippen LogP contribution in [0.5, 0.6) is 0 Å². The fraction of sp³-hybridized carbons (Fsp3) is 0.308. The quantitative estimate of drug-likeness (QED) is 0.583. The minimum atomic E-state index is -2.42. The maximum atomic E-state index is 13.7. The average Bonchev–Trinajstić information content (AvgIpc) is 2.25. The minimum absolute atomic E-state index is 0.0394. The lowest BCUT2D eigenvalue weighted by Crippen LogP contribution is -2.33. The predicted molar refractivity (Wildman–Crippen MR) is 67.5 cm³/mol. The summed E-state index contributed by atoms with van der Waals surface area (Å²) < 4.78 is 27.4. The highest BCUT2D eigenvalue weighted by molar-refractivity contribution is 6.28. The van der Waals surface area contributed by atoms with Crippen LogP contribution in [-0.2, 0) is 0 Å². The van der Waals surface area contributed by atoms with E-state index in [0.717, 1.165) is 6.08 Å². The Balaban J connectivity index is 2.34. The van der Waals surface area contributed by atoms with Gasteiger partial charge in [0.15, 0.2) is 10.9 Å². The van der Waals surface area contributed by atoms with Crippen molar-refractivity contribution in [2.75, 3.05) is 0 Å². The van der Waals surface area contributed by atoms with Gasteiger partial charge in [0.1, 0.15) is 0 Å². The number of Topliss-reactive ketones (excluding diaryl/α,β-unsaturated/α-hetero) is 1. The summed E-state index contributed by atoms with van der Waals surface area (Å²) in [7, 11) is 0. The van der Waals surface area contributed by atoms with Crippen molar-refractivity contribution in [3.63, 3.8) is 0 Å². The van der Waals surface area contributed by atoms with E-state index in [2.05, 4.69) is 0 Å². The van der Waals surface area contributed by atoms with Crippen molar-refractivity contribution in [2.24, 2.45) is 0 Å². The number of hydrogen-bond acceptors (Lipinski definition) is 1. The molecule has 0 N–H and O–H groups in total. The summed E-state index contributed by atoms with van der Waals surface area (Å²) in [5.74, 6) is -0.458. The standard InChI is InChI=1S/C13H10Cl2F2O/c14-12(16)6-10(7-13(15,17)8-12)11(18)9-4-2-1-3-5-9/h1-6H,7-8H2. The molecule has 1 aliphatic rings. The van der Waals surface area contributed by atoms with E-state index in [1.165, 1.54) is 0 Å². The molecule has 0 spiro atoms. The zero-order valence-corrected chi connectivity index (χ0v) is 10.8. The van der Waals surface area contributed by atoms with Crippen molar-refractivity contribution < 1.29 is 13.6 Å². The first kappa shape index (κ1) is 13.5.